The van der Waals surface area contributed by atoms with Crippen molar-refractivity contribution in [2.45, 2.75) is 6.18 Å². The van der Waals surface area contributed by atoms with E-state index in [4.69, 9.17) is 21.4 Å². The molecular weight excluding hydrogens is 618 g/mol. The van der Waals surface area contributed by atoms with Gasteiger partial charge >= 0.3 is 12.3 Å². The van der Waals surface area contributed by atoms with Crippen LogP contribution in [0.5, 0.6) is 0 Å². The van der Waals surface area contributed by atoms with Crippen LogP contribution in [0.15, 0.2) is 53.9 Å². The van der Waals surface area contributed by atoms with Crippen LogP contribution in [0.3, 0.4) is 0 Å². The zero-order valence-corrected chi connectivity index (χ0v) is 22.7. The van der Waals surface area contributed by atoms with Crippen LogP contribution in [0.2, 0.25) is 5.02 Å². The van der Waals surface area contributed by atoms with Crippen LogP contribution in [0.25, 0.3) is 11.3 Å². The molecule has 1 N–H and O–H groups in total. The van der Waals surface area contributed by atoms with E-state index in [1.807, 2.05) is 14.1 Å². The fourth-order valence-corrected chi connectivity index (χ4v) is 4.12. The van der Waals surface area contributed by atoms with Gasteiger partial charge in [0.15, 0.2) is 5.13 Å². The normalized spacial score (nSPS) is 11.6. The highest BCUT2D eigenvalue weighted by atomic mass is 127. The molecule has 0 radical (unpaired) electrons. The second-order valence-electron chi connectivity index (χ2n) is 8.13. The molecule has 0 aliphatic carbocycles. The van der Waals surface area contributed by atoms with E-state index in [2.05, 4.69) is 4.98 Å². The quantitative estimate of drug-likeness (QED) is 0.304. The van der Waals surface area contributed by atoms with Gasteiger partial charge in [0.05, 0.1) is 37.6 Å². The van der Waals surface area contributed by atoms with Crippen molar-refractivity contribution in [3.63, 3.8) is 0 Å². The maximum Gasteiger partial charge on any atom is 0.421 e. The minimum absolute atomic E-state index is 0. The van der Waals surface area contributed by atoms with Gasteiger partial charge < -0.3 is 38.3 Å². The first-order valence-electron chi connectivity index (χ1n) is 10.3. The van der Waals surface area contributed by atoms with Gasteiger partial charge in [0, 0.05) is 16.0 Å². The molecular formula is C23H24ClF3IN3O3S. The fourth-order valence-electron chi connectivity index (χ4n) is 3.09. The number of aliphatic hydroxyl groups excluding tert-OH is 1. The average Bonchev–Trinajstić information content (AvgIpc) is 3.23. The second kappa shape index (κ2) is 12.3. The van der Waals surface area contributed by atoms with Gasteiger partial charge in [0.1, 0.15) is 19.7 Å². The minimum atomic E-state index is -4.58. The van der Waals surface area contributed by atoms with E-state index in [9.17, 15) is 18.0 Å². The van der Waals surface area contributed by atoms with Crippen LogP contribution in [0.1, 0.15) is 5.56 Å². The van der Waals surface area contributed by atoms with Gasteiger partial charge in [-0.3, -0.25) is 0 Å². The Bertz CT molecular complexity index is 1140. The number of rotatable bonds is 8. The lowest BCUT2D eigenvalue weighted by atomic mass is 10.2. The molecule has 1 aromatic heterocycles. The zero-order valence-electron chi connectivity index (χ0n) is 18.9. The van der Waals surface area contributed by atoms with Crippen molar-refractivity contribution in [3.8, 4) is 11.3 Å². The van der Waals surface area contributed by atoms with Gasteiger partial charge in [-0.1, -0.05) is 29.8 Å². The van der Waals surface area contributed by atoms with Crippen molar-refractivity contribution in [1.29, 1.82) is 0 Å². The number of thiazole rings is 1. The molecule has 1 amide bonds. The molecule has 2 aromatic carbocycles. The van der Waals surface area contributed by atoms with Crippen molar-refractivity contribution in [3.05, 3.63) is 64.5 Å². The number of carbonyl (C=O) groups excluding carboxylic acids is 1. The molecule has 0 aliphatic rings. The van der Waals surface area contributed by atoms with E-state index in [1.165, 1.54) is 12.1 Å². The lowest BCUT2D eigenvalue weighted by Crippen LogP contribution is -3.00. The molecule has 3 aromatic rings. The van der Waals surface area contributed by atoms with E-state index in [-0.39, 0.29) is 48.0 Å². The van der Waals surface area contributed by atoms with Crippen LogP contribution < -0.4 is 28.9 Å². The molecule has 0 saturated heterocycles. The standard InChI is InChI=1S/C23H24ClF3N3O3S.HI/c1-30(2,9-11-31)10-12-33-22(32)29(19-8-4-6-17(14-19)23(25,26)27)21-28-20(15-34-21)16-5-3-7-18(24)13-16;/h3-8,13-15,31H,9-12H2,1-2H3;1H/q+1;/p-1. The number of likely N-dealkylation sites (N-methyl/N-ethyl adjacent to an activating group) is 1. The monoisotopic (exact) mass is 641 g/mol. The van der Waals surface area contributed by atoms with E-state index in [0.717, 1.165) is 28.4 Å². The fraction of sp³-hybridized carbons (Fsp3) is 0.304. The van der Waals surface area contributed by atoms with Crippen LogP contribution >= 0.6 is 22.9 Å². The highest BCUT2D eigenvalue weighted by molar-refractivity contribution is 7.14. The van der Waals surface area contributed by atoms with Crippen LogP contribution in [-0.2, 0) is 10.9 Å². The molecule has 0 atom stereocenters. The molecule has 0 bridgehead atoms. The smallest absolute Gasteiger partial charge is 0.421 e. The number of ether oxygens (including phenoxy) is 1. The number of hydrogen-bond donors (Lipinski definition) is 1. The van der Waals surface area contributed by atoms with Gasteiger partial charge in [-0.2, -0.15) is 13.2 Å². The molecule has 1 heterocycles. The van der Waals surface area contributed by atoms with Crippen molar-refractivity contribution < 1.29 is 56.3 Å². The van der Waals surface area contributed by atoms with E-state index >= 15 is 0 Å². The summed E-state index contributed by atoms with van der Waals surface area (Å²) in [6.07, 6.45) is -5.43. The predicted octanol–water partition coefficient (Wildman–Crippen LogP) is 2.83. The Labute approximate surface area is 227 Å². The number of nitrogens with zero attached hydrogens (tertiary/aromatic N) is 3. The average molecular weight is 642 g/mol. The molecule has 0 saturated carbocycles. The Hall–Kier alpha value is -1.93. The summed E-state index contributed by atoms with van der Waals surface area (Å²) in [6, 6.07) is 11.4. The Balaban J connectivity index is 0.00000432. The van der Waals surface area contributed by atoms with Crippen molar-refractivity contribution >= 4 is 39.8 Å². The molecule has 0 aliphatic heterocycles. The van der Waals surface area contributed by atoms with E-state index in [0.29, 0.717) is 33.9 Å². The third-order valence-corrected chi connectivity index (χ3v) is 6.11. The summed E-state index contributed by atoms with van der Waals surface area (Å²) in [5, 5.41) is 11.5. The number of halogens is 5. The maximum absolute atomic E-state index is 13.3. The Morgan fingerprint density at radius 2 is 1.89 bits per heavy atom. The third kappa shape index (κ3) is 8.04. The summed E-state index contributed by atoms with van der Waals surface area (Å²) in [4.78, 5) is 18.6. The van der Waals surface area contributed by atoms with E-state index < -0.39 is 17.8 Å². The molecule has 6 nitrogen and oxygen atoms in total. The Kier molecular flexibility index (Phi) is 10.3. The van der Waals surface area contributed by atoms with Gasteiger partial charge in [-0.15, -0.1) is 11.3 Å². The number of carbonyl (C=O) groups is 1. The molecule has 190 valence electrons. The van der Waals surface area contributed by atoms with Crippen molar-refractivity contribution in [2.75, 3.05) is 45.3 Å². The highest BCUT2D eigenvalue weighted by Crippen LogP contribution is 2.36. The number of quaternary nitrogens is 1. The lowest BCUT2D eigenvalue weighted by molar-refractivity contribution is -0.890. The van der Waals surface area contributed by atoms with Gasteiger partial charge in [0.25, 0.3) is 0 Å². The Morgan fingerprint density at radius 3 is 2.54 bits per heavy atom. The molecule has 0 fully saturated rings. The topological polar surface area (TPSA) is 62.7 Å². The van der Waals surface area contributed by atoms with Gasteiger partial charge in [-0.25, -0.2) is 14.7 Å². The number of benzene rings is 2. The van der Waals surface area contributed by atoms with Crippen molar-refractivity contribution in [1.82, 2.24) is 4.98 Å². The summed E-state index contributed by atoms with van der Waals surface area (Å²) < 4.78 is 45.8. The predicted molar refractivity (Wildman–Crippen MR) is 126 cm³/mol. The summed E-state index contributed by atoms with van der Waals surface area (Å²) in [7, 11) is 3.74. The van der Waals surface area contributed by atoms with Crippen LogP contribution in [0.4, 0.5) is 28.8 Å². The number of anilines is 2. The summed E-state index contributed by atoms with van der Waals surface area (Å²) >= 11 is 7.15. The molecule has 0 unspecified atom stereocenters. The summed E-state index contributed by atoms with van der Waals surface area (Å²) in [5.41, 5.74) is 0.314. The molecule has 0 spiro atoms. The number of amides is 1. The first kappa shape index (κ1) is 29.3. The van der Waals surface area contributed by atoms with Crippen LogP contribution in [0, 0.1) is 0 Å². The highest BCUT2D eigenvalue weighted by Gasteiger charge is 2.32. The largest absolute Gasteiger partial charge is 1.00 e. The lowest BCUT2D eigenvalue weighted by Gasteiger charge is -2.29. The number of hydrogen-bond acceptors (Lipinski definition) is 5. The summed E-state index contributed by atoms with van der Waals surface area (Å²) in [5.74, 6) is 0. The molecule has 3 rings (SSSR count). The van der Waals surface area contributed by atoms with E-state index in [1.54, 1.807) is 29.6 Å². The third-order valence-electron chi connectivity index (χ3n) is 5.05. The second-order valence-corrected chi connectivity index (χ2v) is 9.40. The number of alkyl halides is 3. The van der Waals surface area contributed by atoms with Crippen molar-refractivity contribution in [2.24, 2.45) is 0 Å². The number of aromatic nitrogens is 1. The van der Waals surface area contributed by atoms with Gasteiger partial charge in [-0.05, 0) is 30.3 Å². The van der Waals surface area contributed by atoms with Gasteiger partial charge in [0.2, 0.25) is 0 Å². The first-order valence-corrected chi connectivity index (χ1v) is 11.5. The Morgan fingerprint density at radius 1 is 1.17 bits per heavy atom. The maximum atomic E-state index is 13.3. The zero-order chi connectivity index (χ0) is 24.9. The molecule has 35 heavy (non-hydrogen) atoms. The first-order chi connectivity index (χ1) is 16.0. The summed E-state index contributed by atoms with van der Waals surface area (Å²) in [6.45, 7) is 0.856. The molecule has 12 heteroatoms. The SMILES string of the molecule is C[N+](C)(CCO)CCOC(=O)N(c1cccc(C(F)(F)F)c1)c1nc(-c2cccc(Cl)c2)cs1.[I-]. The van der Waals surface area contributed by atoms with Crippen LogP contribution in [-0.4, -0.2) is 61.1 Å². The number of aliphatic hydroxyl groups is 1. The minimum Gasteiger partial charge on any atom is -1.00 e.